The predicted molar refractivity (Wildman–Crippen MR) is 61.0 cm³/mol. The van der Waals surface area contributed by atoms with E-state index in [0.29, 0.717) is 39.0 Å². The Morgan fingerprint density at radius 2 is 2.00 bits per heavy atom. The molecule has 0 aromatic heterocycles. The van der Waals surface area contributed by atoms with E-state index in [4.69, 9.17) is 5.53 Å². The van der Waals surface area contributed by atoms with Crippen molar-refractivity contribution in [3.63, 3.8) is 0 Å². The molecule has 0 amide bonds. The number of hydrogen-bond acceptors (Lipinski definition) is 3. The molecule has 1 aliphatic heterocycles. The Hall–Kier alpha value is -0.820. The van der Waals surface area contributed by atoms with Gasteiger partial charge in [0.05, 0.1) is 0 Å². The number of nitrogens with one attached hydrogen (secondary N) is 1. The minimum atomic E-state index is -3.27. The molecule has 0 aromatic carbocycles. The fourth-order valence-corrected chi connectivity index (χ4v) is 2.90. The largest absolute Gasteiger partial charge is 0.279 e. The molecule has 0 saturated carbocycles. The van der Waals surface area contributed by atoms with Gasteiger partial charge in [0.15, 0.2) is 0 Å². The van der Waals surface area contributed by atoms with Gasteiger partial charge in [-0.3, -0.25) is 0 Å². The van der Waals surface area contributed by atoms with Crippen LogP contribution in [0, 0.1) is 0 Å². The van der Waals surface area contributed by atoms with Crippen molar-refractivity contribution in [2.45, 2.75) is 25.7 Å². The van der Waals surface area contributed by atoms with Crippen LogP contribution in [0.4, 0.5) is 0 Å². The standard InChI is InChI=1S/C8H17N5O2S/c9-12-10-5-1-2-6-11-16(14,15)13-7-3-4-8-13/h11H,1-8H2. The lowest BCUT2D eigenvalue weighted by atomic mass is 10.3. The third-order valence-corrected chi connectivity index (χ3v) is 4.05. The third-order valence-electron chi connectivity index (χ3n) is 2.44. The summed E-state index contributed by atoms with van der Waals surface area (Å²) in [7, 11) is -3.27. The van der Waals surface area contributed by atoms with Gasteiger partial charge in [-0.1, -0.05) is 5.11 Å². The van der Waals surface area contributed by atoms with E-state index in [2.05, 4.69) is 14.7 Å². The molecule has 1 rings (SSSR count). The van der Waals surface area contributed by atoms with Crippen molar-refractivity contribution in [1.82, 2.24) is 9.03 Å². The van der Waals surface area contributed by atoms with Crippen molar-refractivity contribution in [3.8, 4) is 0 Å². The minimum absolute atomic E-state index is 0.403. The lowest BCUT2D eigenvalue weighted by molar-refractivity contribution is 0.463. The molecule has 0 aromatic rings. The molecule has 0 atom stereocenters. The van der Waals surface area contributed by atoms with Crippen LogP contribution in [0.25, 0.3) is 10.4 Å². The summed E-state index contributed by atoms with van der Waals surface area (Å²) < 4.78 is 27.3. The Kier molecular flexibility index (Phi) is 5.54. The minimum Gasteiger partial charge on any atom is -0.202 e. The molecule has 16 heavy (non-hydrogen) atoms. The van der Waals surface area contributed by atoms with Gasteiger partial charge in [0.2, 0.25) is 0 Å². The van der Waals surface area contributed by atoms with Gasteiger partial charge in [-0.15, -0.1) is 0 Å². The van der Waals surface area contributed by atoms with E-state index >= 15 is 0 Å². The van der Waals surface area contributed by atoms with E-state index in [0.717, 1.165) is 12.8 Å². The summed E-state index contributed by atoms with van der Waals surface area (Å²) in [5, 5.41) is 3.38. The molecule has 92 valence electrons. The van der Waals surface area contributed by atoms with Crippen molar-refractivity contribution < 1.29 is 8.42 Å². The molecule has 1 N–H and O–H groups in total. The smallest absolute Gasteiger partial charge is 0.202 e. The maximum Gasteiger partial charge on any atom is 0.279 e. The van der Waals surface area contributed by atoms with Crippen molar-refractivity contribution in [2.24, 2.45) is 5.11 Å². The first-order valence-corrected chi connectivity index (χ1v) is 6.86. The molecular weight excluding hydrogens is 230 g/mol. The zero-order valence-corrected chi connectivity index (χ0v) is 9.99. The molecule has 0 unspecified atom stereocenters. The van der Waals surface area contributed by atoms with Gasteiger partial charge in [0, 0.05) is 31.1 Å². The second kappa shape index (κ2) is 6.70. The fraction of sp³-hybridized carbons (Fsp3) is 1.00. The van der Waals surface area contributed by atoms with Crippen LogP contribution in [0.3, 0.4) is 0 Å². The van der Waals surface area contributed by atoms with Gasteiger partial charge in [-0.25, -0.2) is 4.72 Å². The zero-order valence-electron chi connectivity index (χ0n) is 9.17. The molecule has 1 saturated heterocycles. The lowest BCUT2D eigenvalue weighted by Crippen LogP contribution is -2.39. The van der Waals surface area contributed by atoms with Crippen LogP contribution in [0.1, 0.15) is 25.7 Å². The summed E-state index contributed by atoms with van der Waals surface area (Å²) in [6.45, 7) is 2.06. The molecule has 1 aliphatic rings. The summed E-state index contributed by atoms with van der Waals surface area (Å²) in [4.78, 5) is 2.62. The van der Waals surface area contributed by atoms with E-state index in [-0.39, 0.29) is 0 Å². The maximum absolute atomic E-state index is 11.7. The highest BCUT2D eigenvalue weighted by atomic mass is 32.2. The Balaban J connectivity index is 2.18. The van der Waals surface area contributed by atoms with Crippen LogP contribution < -0.4 is 4.72 Å². The van der Waals surface area contributed by atoms with Gasteiger partial charge in [0.1, 0.15) is 0 Å². The second-order valence-electron chi connectivity index (χ2n) is 3.67. The monoisotopic (exact) mass is 247 g/mol. The SMILES string of the molecule is [N-]=[N+]=NCCCCNS(=O)(=O)N1CCCC1. The van der Waals surface area contributed by atoms with E-state index in [1.807, 2.05) is 0 Å². The normalized spacial score (nSPS) is 17.2. The van der Waals surface area contributed by atoms with Crippen LogP contribution >= 0.6 is 0 Å². The molecule has 8 heteroatoms. The molecule has 1 heterocycles. The topological polar surface area (TPSA) is 98.2 Å². The van der Waals surface area contributed by atoms with Crippen molar-refractivity contribution >= 4 is 10.2 Å². The Labute approximate surface area is 95.6 Å². The first-order valence-electron chi connectivity index (χ1n) is 5.42. The highest BCUT2D eigenvalue weighted by Gasteiger charge is 2.24. The lowest BCUT2D eigenvalue weighted by Gasteiger charge is -2.15. The average Bonchev–Trinajstić information content (AvgIpc) is 2.77. The highest BCUT2D eigenvalue weighted by molar-refractivity contribution is 7.87. The third kappa shape index (κ3) is 4.36. The number of hydrogen-bond donors (Lipinski definition) is 1. The van der Waals surface area contributed by atoms with Crippen molar-refractivity contribution in [1.29, 1.82) is 0 Å². The quantitative estimate of drug-likeness (QED) is 0.314. The van der Waals surface area contributed by atoms with E-state index in [9.17, 15) is 8.42 Å². The molecule has 0 aliphatic carbocycles. The van der Waals surface area contributed by atoms with Crippen LogP contribution in [0.2, 0.25) is 0 Å². The predicted octanol–water partition coefficient (Wildman–Crippen LogP) is 1.01. The molecule has 1 fully saturated rings. The van der Waals surface area contributed by atoms with E-state index < -0.39 is 10.2 Å². The Morgan fingerprint density at radius 3 is 2.62 bits per heavy atom. The molecule has 0 bridgehead atoms. The number of azide groups is 1. The summed E-state index contributed by atoms with van der Waals surface area (Å²) in [5.74, 6) is 0. The Bertz CT molecular complexity index is 343. The number of rotatable bonds is 7. The average molecular weight is 247 g/mol. The summed E-state index contributed by atoms with van der Waals surface area (Å²) >= 11 is 0. The maximum atomic E-state index is 11.7. The van der Waals surface area contributed by atoms with Crippen molar-refractivity contribution in [3.05, 3.63) is 10.4 Å². The second-order valence-corrected chi connectivity index (χ2v) is 5.42. The zero-order chi connectivity index (χ0) is 11.9. The first-order chi connectivity index (χ1) is 7.67. The van der Waals surface area contributed by atoms with Crippen LogP contribution in [-0.4, -0.2) is 38.9 Å². The van der Waals surface area contributed by atoms with Gasteiger partial charge in [-0.05, 0) is 31.2 Å². The fourth-order valence-electron chi connectivity index (χ4n) is 1.57. The van der Waals surface area contributed by atoms with E-state index in [1.54, 1.807) is 0 Å². The molecular formula is C8H17N5O2S. The summed E-state index contributed by atoms with van der Waals surface area (Å²) in [6, 6.07) is 0. The first kappa shape index (κ1) is 13.2. The molecule has 0 spiro atoms. The van der Waals surface area contributed by atoms with Crippen LogP contribution in [0.15, 0.2) is 5.11 Å². The Morgan fingerprint density at radius 1 is 1.31 bits per heavy atom. The van der Waals surface area contributed by atoms with Gasteiger partial charge >= 0.3 is 0 Å². The van der Waals surface area contributed by atoms with Crippen molar-refractivity contribution in [2.75, 3.05) is 26.2 Å². The van der Waals surface area contributed by atoms with E-state index in [1.165, 1.54) is 4.31 Å². The summed E-state index contributed by atoms with van der Waals surface area (Å²) in [5.41, 5.74) is 8.04. The summed E-state index contributed by atoms with van der Waals surface area (Å²) in [6.07, 6.45) is 3.27. The highest BCUT2D eigenvalue weighted by Crippen LogP contribution is 2.10. The number of unbranched alkanes of at least 4 members (excludes halogenated alkanes) is 1. The van der Waals surface area contributed by atoms with Gasteiger partial charge < -0.3 is 0 Å². The van der Waals surface area contributed by atoms with Gasteiger partial charge in [-0.2, -0.15) is 12.7 Å². The molecule has 0 radical (unpaired) electrons. The number of nitrogens with zero attached hydrogens (tertiary/aromatic N) is 4. The van der Waals surface area contributed by atoms with Crippen LogP contribution in [0.5, 0.6) is 0 Å². The van der Waals surface area contributed by atoms with Gasteiger partial charge in [0.25, 0.3) is 10.2 Å². The van der Waals surface area contributed by atoms with Crippen LogP contribution in [-0.2, 0) is 10.2 Å². The molecule has 7 nitrogen and oxygen atoms in total.